The molecular formula is C18H14N3O4-. The molecule has 2 aromatic carbocycles. The molecule has 0 unspecified atom stereocenters. The normalized spacial score (nSPS) is 15.0. The van der Waals surface area contributed by atoms with Gasteiger partial charge in [-0.15, -0.1) is 5.10 Å². The van der Waals surface area contributed by atoms with Crippen molar-refractivity contribution in [2.45, 2.75) is 0 Å². The van der Waals surface area contributed by atoms with Crippen LogP contribution in [0, 0.1) is 0 Å². The molecular weight excluding hydrogens is 322 g/mol. The average molecular weight is 336 g/mol. The highest BCUT2D eigenvalue weighted by atomic mass is 16.5. The molecule has 2 aromatic rings. The number of rotatable bonds is 5. The van der Waals surface area contributed by atoms with Crippen LogP contribution < -0.4 is 14.7 Å². The maximum absolute atomic E-state index is 12.3. The Morgan fingerprint density at radius 1 is 1.20 bits per heavy atom. The number of hydrogen-bond acceptors (Lipinski definition) is 6. The monoisotopic (exact) mass is 336 g/mol. The predicted molar refractivity (Wildman–Crippen MR) is 90.9 cm³/mol. The van der Waals surface area contributed by atoms with E-state index in [1.165, 1.54) is 11.1 Å². The van der Waals surface area contributed by atoms with Gasteiger partial charge < -0.3 is 19.5 Å². The van der Waals surface area contributed by atoms with E-state index in [0.29, 0.717) is 16.9 Å². The average Bonchev–Trinajstić information content (AvgIpc) is 2.86. The van der Waals surface area contributed by atoms with Gasteiger partial charge in [0.05, 0.1) is 17.9 Å². The molecule has 7 nitrogen and oxygen atoms in total. The number of para-hydroxylation sites is 2. The van der Waals surface area contributed by atoms with Crippen LogP contribution in [-0.2, 0) is 9.59 Å². The molecule has 0 atom stereocenters. The fraction of sp³-hybridized carbons (Fsp3) is 0.111. The van der Waals surface area contributed by atoms with E-state index in [-0.39, 0.29) is 11.6 Å². The maximum atomic E-state index is 12.3. The summed E-state index contributed by atoms with van der Waals surface area (Å²) < 4.78 is 5.14. The zero-order valence-corrected chi connectivity index (χ0v) is 13.4. The Balaban J connectivity index is 1.85. The van der Waals surface area contributed by atoms with Gasteiger partial charge in [-0.1, -0.05) is 30.3 Å². The van der Waals surface area contributed by atoms with Crippen molar-refractivity contribution in [1.82, 2.24) is 0 Å². The molecule has 1 heterocycles. The van der Waals surface area contributed by atoms with Gasteiger partial charge in [0.25, 0.3) is 5.91 Å². The van der Waals surface area contributed by atoms with Crippen molar-refractivity contribution >= 4 is 29.5 Å². The molecule has 0 saturated heterocycles. The van der Waals surface area contributed by atoms with Crippen LogP contribution in [0.1, 0.15) is 11.1 Å². The van der Waals surface area contributed by atoms with Crippen molar-refractivity contribution in [3.8, 4) is 5.75 Å². The minimum absolute atomic E-state index is 0.236. The van der Waals surface area contributed by atoms with Crippen LogP contribution in [0.3, 0.4) is 0 Å². The number of fused-ring (bicyclic) bond motifs is 1. The molecule has 0 radical (unpaired) electrons. The van der Waals surface area contributed by atoms with Crippen molar-refractivity contribution < 1.29 is 19.4 Å². The molecule has 1 aliphatic heterocycles. The van der Waals surface area contributed by atoms with Crippen molar-refractivity contribution in [3.63, 3.8) is 0 Å². The molecule has 7 heteroatoms. The molecule has 0 bridgehead atoms. The molecule has 3 rings (SSSR count). The summed E-state index contributed by atoms with van der Waals surface area (Å²) in [6.07, 6.45) is 1.41. The number of likely N-dealkylation sites (N-methyl/N-ethyl adjacent to an activating group) is 1. The van der Waals surface area contributed by atoms with Gasteiger partial charge in [-0.25, -0.2) is 0 Å². The zero-order chi connectivity index (χ0) is 17.8. The lowest BCUT2D eigenvalue weighted by molar-refractivity contribution is -0.307. The van der Waals surface area contributed by atoms with E-state index in [1.54, 1.807) is 31.3 Å². The summed E-state index contributed by atoms with van der Waals surface area (Å²) in [6.45, 7) is -0.559. The number of benzene rings is 2. The molecule has 0 saturated carbocycles. The minimum atomic E-state index is -1.32. The summed E-state index contributed by atoms with van der Waals surface area (Å²) in [5, 5.41) is 18.5. The molecule has 1 aliphatic rings. The number of hydrogen-bond donors (Lipinski definition) is 0. The van der Waals surface area contributed by atoms with Crippen LogP contribution in [-0.4, -0.2) is 37.5 Å². The summed E-state index contributed by atoms with van der Waals surface area (Å²) in [7, 11) is 1.68. The number of ether oxygens (including phenoxy) is 1. The lowest BCUT2D eigenvalue weighted by Gasteiger charge is -2.08. The molecule has 0 aliphatic carbocycles. The number of carbonyl (C=O) groups excluding carboxylic acids is 2. The molecule has 0 aromatic heterocycles. The summed E-state index contributed by atoms with van der Waals surface area (Å²) in [5.74, 6) is -1.21. The number of amides is 1. The van der Waals surface area contributed by atoms with E-state index in [0.717, 1.165) is 5.69 Å². The number of carboxylic acid groups (broad SMARTS) is 1. The Hall–Kier alpha value is -3.48. The van der Waals surface area contributed by atoms with Crippen molar-refractivity contribution in [2.75, 3.05) is 18.6 Å². The topological polar surface area (TPSA) is 94.4 Å². The second-order valence-electron chi connectivity index (χ2n) is 5.27. The summed E-state index contributed by atoms with van der Waals surface area (Å²) in [4.78, 5) is 24.3. The van der Waals surface area contributed by atoms with Gasteiger partial charge in [0.15, 0.2) is 5.71 Å². The largest absolute Gasteiger partial charge is 0.546 e. The van der Waals surface area contributed by atoms with E-state index in [1.807, 2.05) is 24.3 Å². The van der Waals surface area contributed by atoms with Gasteiger partial charge in [-0.05, 0) is 18.2 Å². The zero-order valence-electron chi connectivity index (χ0n) is 13.4. The van der Waals surface area contributed by atoms with E-state index in [4.69, 9.17) is 4.74 Å². The third kappa shape index (κ3) is 3.40. The van der Waals surface area contributed by atoms with Crippen LogP contribution in [0.2, 0.25) is 0 Å². The molecule has 126 valence electrons. The lowest BCUT2D eigenvalue weighted by atomic mass is 10.1. The van der Waals surface area contributed by atoms with E-state index in [2.05, 4.69) is 10.2 Å². The van der Waals surface area contributed by atoms with Gasteiger partial charge in [0, 0.05) is 18.2 Å². The van der Waals surface area contributed by atoms with Crippen LogP contribution in [0.15, 0.2) is 58.7 Å². The van der Waals surface area contributed by atoms with Gasteiger partial charge in [0.1, 0.15) is 12.4 Å². The number of anilines is 1. The van der Waals surface area contributed by atoms with Crippen molar-refractivity contribution in [3.05, 3.63) is 59.7 Å². The van der Waals surface area contributed by atoms with Crippen LogP contribution in [0.4, 0.5) is 5.69 Å². The quantitative estimate of drug-likeness (QED) is 0.591. The second-order valence-corrected chi connectivity index (χ2v) is 5.27. The van der Waals surface area contributed by atoms with Crippen LogP contribution in [0.5, 0.6) is 5.75 Å². The second kappa shape index (κ2) is 6.96. The summed E-state index contributed by atoms with van der Waals surface area (Å²) >= 11 is 0. The fourth-order valence-electron chi connectivity index (χ4n) is 2.45. The Labute approximate surface area is 143 Å². The molecule has 0 N–H and O–H groups in total. The maximum Gasteiger partial charge on any atom is 0.279 e. The lowest BCUT2D eigenvalue weighted by Crippen LogP contribution is -2.29. The fourth-order valence-corrected chi connectivity index (χ4v) is 2.45. The highest BCUT2D eigenvalue weighted by Gasteiger charge is 2.30. The summed E-state index contributed by atoms with van der Waals surface area (Å²) in [5.41, 5.74) is 2.29. The first-order chi connectivity index (χ1) is 12.1. The minimum Gasteiger partial charge on any atom is -0.546 e. The van der Waals surface area contributed by atoms with Gasteiger partial charge in [0.2, 0.25) is 0 Å². The standard InChI is InChI=1S/C18H15N3O4/c1-21-14-8-4-3-7-13(14)17(18(21)24)20-19-10-12-6-2-5-9-15(12)25-11-16(22)23/h2-10H,11H2,1H3,(H,22,23)/p-1/b19-10-,20-17+. The number of nitrogens with zero attached hydrogens (tertiary/aromatic N) is 3. The molecule has 25 heavy (non-hydrogen) atoms. The first-order valence-electron chi connectivity index (χ1n) is 7.48. The Bertz CT molecular complexity index is 889. The molecule has 0 fully saturated rings. The Kier molecular flexibility index (Phi) is 4.56. The Morgan fingerprint density at radius 2 is 1.92 bits per heavy atom. The van der Waals surface area contributed by atoms with Gasteiger partial charge >= 0.3 is 0 Å². The van der Waals surface area contributed by atoms with Crippen LogP contribution in [0.25, 0.3) is 0 Å². The summed E-state index contributed by atoms with van der Waals surface area (Å²) in [6, 6.07) is 14.1. The van der Waals surface area contributed by atoms with E-state index >= 15 is 0 Å². The number of carbonyl (C=O) groups is 2. The molecule has 0 spiro atoms. The number of carboxylic acids is 1. The Morgan fingerprint density at radius 3 is 2.72 bits per heavy atom. The predicted octanol–water partition coefficient (Wildman–Crippen LogP) is 0.615. The first kappa shape index (κ1) is 16.4. The molecule has 1 amide bonds. The number of aliphatic carboxylic acids is 1. The van der Waals surface area contributed by atoms with Crippen molar-refractivity contribution in [2.24, 2.45) is 10.2 Å². The SMILES string of the molecule is CN1C(=O)/C(=N/N=C\c2ccccc2OCC(=O)[O-])c2ccccc21. The van der Waals surface area contributed by atoms with Gasteiger partial charge in [-0.2, -0.15) is 5.10 Å². The van der Waals surface area contributed by atoms with Crippen LogP contribution >= 0.6 is 0 Å². The van der Waals surface area contributed by atoms with E-state index in [9.17, 15) is 14.7 Å². The van der Waals surface area contributed by atoms with Crippen molar-refractivity contribution in [1.29, 1.82) is 0 Å². The first-order valence-corrected chi connectivity index (χ1v) is 7.48. The van der Waals surface area contributed by atoms with Gasteiger partial charge in [-0.3, -0.25) is 4.79 Å². The third-order valence-electron chi connectivity index (χ3n) is 3.65. The highest BCUT2D eigenvalue weighted by Crippen LogP contribution is 2.27. The smallest absolute Gasteiger partial charge is 0.279 e. The van der Waals surface area contributed by atoms with E-state index < -0.39 is 12.6 Å². The third-order valence-corrected chi connectivity index (χ3v) is 3.65. The highest BCUT2D eigenvalue weighted by molar-refractivity contribution is 6.54.